The van der Waals surface area contributed by atoms with Gasteiger partial charge in [0.2, 0.25) is 0 Å². The predicted molar refractivity (Wildman–Crippen MR) is 128 cm³/mol. The fraction of sp³-hybridized carbons (Fsp3) is 0.929. The molecular formula is C28H48O4. The Kier molecular flexibility index (Phi) is 6.23. The topological polar surface area (TPSA) is 80.9 Å². The van der Waals surface area contributed by atoms with Crippen molar-refractivity contribution in [2.45, 2.75) is 116 Å². The Morgan fingerprint density at radius 1 is 0.938 bits per heavy atom. The number of allylic oxidation sites excluding steroid dienone is 1. The van der Waals surface area contributed by atoms with Crippen LogP contribution in [0, 0.1) is 46.3 Å². The molecule has 0 amide bonds. The second-order valence-corrected chi connectivity index (χ2v) is 13.3. The molecule has 11 atom stereocenters. The van der Waals surface area contributed by atoms with E-state index < -0.39 is 23.4 Å². The van der Waals surface area contributed by atoms with Crippen molar-refractivity contribution in [3.8, 4) is 0 Å². The molecule has 0 saturated heterocycles. The van der Waals surface area contributed by atoms with Gasteiger partial charge in [-0.15, -0.1) is 0 Å². The van der Waals surface area contributed by atoms with Crippen LogP contribution in [0.15, 0.2) is 12.2 Å². The summed E-state index contributed by atoms with van der Waals surface area (Å²) in [5, 5.41) is 43.4. The maximum Gasteiger partial charge on any atom is 0.0985 e. The summed E-state index contributed by atoms with van der Waals surface area (Å²) in [7, 11) is 0. The molecule has 4 aliphatic carbocycles. The molecule has 0 bridgehead atoms. The van der Waals surface area contributed by atoms with Crippen molar-refractivity contribution < 1.29 is 20.4 Å². The summed E-state index contributed by atoms with van der Waals surface area (Å²) >= 11 is 0. The molecule has 184 valence electrons. The number of aliphatic hydroxyl groups excluding tert-OH is 2. The Labute approximate surface area is 195 Å². The third-order valence-electron chi connectivity index (χ3n) is 11.4. The molecule has 0 radical (unpaired) electrons. The molecule has 0 aromatic heterocycles. The minimum absolute atomic E-state index is 0.124. The zero-order valence-electron chi connectivity index (χ0n) is 21.2. The minimum Gasteiger partial charge on any atom is -0.393 e. The number of rotatable bonds is 4. The second-order valence-electron chi connectivity index (χ2n) is 13.3. The van der Waals surface area contributed by atoms with Crippen molar-refractivity contribution >= 4 is 0 Å². The highest BCUT2D eigenvalue weighted by Gasteiger charge is 2.67. The van der Waals surface area contributed by atoms with Crippen LogP contribution in [0.1, 0.15) is 92.9 Å². The van der Waals surface area contributed by atoms with E-state index in [4.69, 9.17) is 0 Å². The number of fused-ring (bicyclic) bond motifs is 5. The van der Waals surface area contributed by atoms with Crippen LogP contribution in [0.5, 0.6) is 0 Å². The molecule has 0 aromatic carbocycles. The van der Waals surface area contributed by atoms with Crippen molar-refractivity contribution in [1.82, 2.24) is 0 Å². The van der Waals surface area contributed by atoms with Gasteiger partial charge in [0.25, 0.3) is 0 Å². The molecule has 4 saturated carbocycles. The van der Waals surface area contributed by atoms with Crippen molar-refractivity contribution in [1.29, 1.82) is 0 Å². The summed E-state index contributed by atoms with van der Waals surface area (Å²) < 4.78 is 0. The van der Waals surface area contributed by atoms with E-state index in [0.29, 0.717) is 42.4 Å². The van der Waals surface area contributed by atoms with Crippen LogP contribution in [0.25, 0.3) is 0 Å². The fourth-order valence-corrected chi connectivity index (χ4v) is 8.88. The highest BCUT2D eigenvalue weighted by Crippen LogP contribution is 2.69. The standard InChI is InChI=1S/C28H48O4/c1-17(7-8-18(2)25(3,4)31)21-9-10-22-20-15-24(30)28(32)16-19(29)11-14-27(28,6)23(20)12-13-26(21,22)5/h7-8,17-24,29-32H,9-16H2,1-6H3/b8-7+/t17-,18+,19+,20+,21-,22+,23+,24-,26-,27-,28+/m1/s1. The largest absolute Gasteiger partial charge is 0.393 e. The van der Waals surface area contributed by atoms with Crippen LogP contribution >= 0.6 is 0 Å². The van der Waals surface area contributed by atoms with E-state index >= 15 is 0 Å². The summed E-state index contributed by atoms with van der Waals surface area (Å²) in [5.74, 6) is 2.70. The number of hydrogen-bond acceptors (Lipinski definition) is 4. The quantitative estimate of drug-likeness (QED) is 0.470. The average molecular weight is 449 g/mol. The van der Waals surface area contributed by atoms with Gasteiger partial charge in [0.05, 0.1) is 23.4 Å². The molecule has 4 N–H and O–H groups in total. The van der Waals surface area contributed by atoms with E-state index in [-0.39, 0.29) is 16.7 Å². The summed E-state index contributed by atoms with van der Waals surface area (Å²) in [5.41, 5.74) is -1.89. The zero-order chi connectivity index (χ0) is 23.7. The first-order chi connectivity index (χ1) is 14.7. The Balaban J connectivity index is 1.56. The molecule has 4 aliphatic rings. The molecule has 4 heteroatoms. The van der Waals surface area contributed by atoms with Gasteiger partial charge in [-0.25, -0.2) is 0 Å². The molecule has 0 aromatic rings. The SMILES string of the molecule is C[C@H](/C=C/[C@H](C)C(C)(C)O)[C@H]1CC[C@H]2[C@@H]3C[C@@H](O)[C@@]4(O)C[C@@H](O)CC[C@]4(C)[C@H]3CC[C@]12C. The summed E-state index contributed by atoms with van der Waals surface area (Å²) in [6, 6.07) is 0. The maximum atomic E-state index is 11.6. The lowest BCUT2D eigenvalue weighted by Gasteiger charge is -2.65. The van der Waals surface area contributed by atoms with Crippen molar-refractivity contribution in [2.24, 2.45) is 46.3 Å². The van der Waals surface area contributed by atoms with Crippen LogP contribution < -0.4 is 0 Å². The van der Waals surface area contributed by atoms with Crippen LogP contribution in [0.3, 0.4) is 0 Å². The number of aliphatic hydroxyl groups is 4. The van der Waals surface area contributed by atoms with Gasteiger partial charge in [0.1, 0.15) is 0 Å². The Hall–Kier alpha value is -0.420. The first-order valence-corrected chi connectivity index (χ1v) is 13.2. The Morgan fingerprint density at radius 3 is 2.28 bits per heavy atom. The van der Waals surface area contributed by atoms with E-state index in [2.05, 4.69) is 39.8 Å². The van der Waals surface area contributed by atoms with Gasteiger partial charge in [-0.05, 0) is 93.8 Å². The smallest absolute Gasteiger partial charge is 0.0985 e. The third-order valence-corrected chi connectivity index (χ3v) is 11.4. The second kappa shape index (κ2) is 8.07. The van der Waals surface area contributed by atoms with Crippen molar-refractivity contribution in [3.63, 3.8) is 0 Å². The maximum absolute atomic E-state index is 11.6. The van der Waals surface area contributed by atoms with E-state index in [9.17, 15) is 20.4 Å². The molecule has 4 fully saturated rings. The van der Waals surface area contributed by atoms with Crippen LogP contribution in [-0.2, 0) is 0 Å². The molecule has 0 heterocycles. The summed E-state index contributed by atoms with van der Waals surface area (Å²) in [6.07, 6.45) is 10.6. The Bertz CT molecular complexity index is 727. The van der Waals surface area contributed by atoms with Crippen molar-refractivity contribution in [2.75, 3.05) is 0 Å². The molecule has 0 aliphatic heterocycles. The van der Waals surface area contributed by atoms with Gasteiger partial charge < -0.3 is 20.4 Å². The first-order valence-electron chi connectivity index (χ1n) is 13.2. The van der Waals surface area contributed by atoms with Gasteiger partial charge in [-0.1, -0.05) is 39.8 Å². The monoisotopic (exact) mass is 448 g/mol. The highest BCUT2D eigenvalue weighted by molar-refractivity contribution is 5.17. The average Bonchev–Trinajstić information content (AvgIpc) is 3.05. The molecule has 0 spiro atoms. The van der Waals surface area contributed by atoms with E-state index in [1.165, 1.54) is 19.3 Å². The lowest BCUT2D eigenvalue weighted by Crippen LogP contribution is -2.68. The van der Waals surface area contributed by atoms with Crippen molar-refractivity contribution in [3.05, 3.63) is 12.2 Å². The number of hydrogen-bond donors (Lipinski definition) is 4. The van der Waals surface area contributed by atoms with Crippen LogP contribution in [0.4, 0.5) is 0 Å². The fourth-order valence-electron chi connectivity index (χ4n) is 8.88. The lowest BCUT2D eigenvalue weighted by atomic mass is 9.42. The summed E-state index contributed by atoms with van der Waals surface area (Å²) in [6.45, 7) is 12.9. The first kappa shape index (κ1) is 24.7. The van der Waals surface area contributed by atoms with Crippen LogP contribution in [0.2, 0.25) is 0 Å². The molecule has 4 rings (SSSR count). The van der Waals surface area contributed by atoms with Gasteiger partial charge in [0, 0.05) is 17.8 Å². The zero-order valence-corrected chi connectivity index (χ0v) is 21.2. The van der Waals surface area contributed by atoms with Gasteiger partial charge in [0.15, 0.2) is 0 Å². The highest BCUT2D eigenvalue weighted by atomic mass is 16.3. The van der Waals surface area contributed by atoms with Gasteiger partial charge in [-0.3, -0.25) is 0 Å². The van der Waals surface area contributed by atoms with Crippen LogP contribution in [-0.4, -0.2) is 43.8 Å². The van der Waals surface area contributed by atoms with E-state index in [1.807, 2.05) is 13.8 Å². The molecule has 0 unspecified atom stereocenters. The van der Waals surface area contributed by atoms with E-state index in [1.54, 1.807) is 0 Å². The Morgan fingerprint density at radius 2 is 1.62 bits per heavy atom. The normalized spacial score (nSPS) is 51.1. The van der Waals surface area contributed by atoms with Gasteiger partial charge in [-0.2, -0.15) is 0 Å². The lowest BCUT2D eigenvalue weighted by molar-refractivity contribution is -0.264. The van der Waals surface area contributed by atoms with Gasteiger partial charge >= 0.3 is 0 Å². The molecule has 4 nitrogen and oxygen atoms in total. The summed E-state index contributed by atoms with van der Waals surface area (Å²) in [4.78, 5) is 0. The predicted octanol–water partition coefficient (Wildman–Crippen LogP) is 4.69. The molecular weight excluding hydrogens is 400 g/mol. The molecule has 32 heavy (non-hydrogen) atoms. The minimum atomic E-state index is -1.15. The van der Waals surface area contributed by atoms with E-state index in [0.717, 1.165) is 19.3 Å². The third kappa shape index (κ3) is 3.63.